The van der Waals surface area contributed by atoms with Gasteiger partial charge in [0.2, 0.25) is 0 Å². The quantitative estimate of drug-likeness (QED) is 0.191. The molecular weight excluding hydrogens is 522 g/mol. The van der Waals surface area contributed by atoms with Gasteiger partial charge >= 0.3 is 0 Å². The summed E-state index contributed by atoms with van der Waals surface area (Å²) in [6, 6.07) is 21.8. The SMILES string of the molecule is CC1=[C-]C(C)(C)C(C)=C1C.Cc1ccccc1Pc1cc2ccccc2[cH-]1.[Hf]. The van der Waals surface area contributed by atoms with Gasteiger partial charge in [-0.15, -0.1) is 47.3 Å². The molecule has 0 heterocycles. The van der Waals surface area contributed by atoms with Crippen LogP contribution in [0.4, 0.5) is 0 Å². The third-order valence-corrected chi connectivity index (χ3v) is 7.01. The zero-order valence-electron chi connectivity index (χ0n) is 17.8. The van der Waals surface area contributed by atoms with Crippen LogP contribution in [0.1, 0.15) is 40.2 Å². The van der Waals surface area contributed by atoms with E-state index in [1.54, 1.807) is 0 Å². The third-order valence-electron chi connectivity index (χ3n) is 5.60. The number of rotatable bonds is 2. The van der Waals surface area contributed by atoms with Gasteiger partial charge in [-0.05, 0) is 17.8 Å². The minimum Gasteiger partial charge on any atom is -0.263 e. The van der Waals surface area contributed by atoms with Crippen molar-refractivity contribution in [2.75, 3.05) is 0 Å². The molecule has 0 saturated carbocycles. The van der Waals surface area contributed by atoms with Crippen molar-refractivity contribution in [1.29, 1.82) is 0 Å². The Labute approximate surface area is 191 Å². The van der Waals surface area contributed by atoms with Crippen LogP contribution >= 0.6 is 8.58 Å². The van der Waals surface area contributed by atoms with Crippen LogP contribution in [0.5, 0.6) is 0 Å². The summed E-state index contributed by atoms with van der Waals surface area (Å²) in [6.45, 7) is 13.1. The van der Waals surface area contributed by atoms with Gasteiger partial charge in [-0.3, -0.25) is 6.08 Å². The number of benzene rings is 2. The summed E-state index contributed by atoms with van der Waals surface area (Å²) in [5, 5.41) is 5.58. The van der Waals surface area contributed by atoms with Gasteiger partial charge in [0.1, 0.15) is 0 Å². The normalized spacial score (nSPS) is 15.4. The Kier molecular flexibility index (Phi) is 7.89. The zero-order chi connectivity index (χ0) is 19.6. The van der Waals surface area contributed by atoms with E-state index < -0.39 is 0 Å². The molecule has 1 unspecified atom stereocenters. The van der Waals surface area contributed by atoms with Gasteiger partial charge in [0, 0.05) is 25.8 Å². The Morgan fingerprint density at radius 3 is 2.07 bits per heavy atom. The smallest absolute Gasteiger partial charge is 0 e. The van der Waals surface area contributed by atoms with E-state index in [9.17, 15) is 0 Å². The van der Waals surface area contributed by atoms with E-state index in [1.807, 2.05) is 0 Å². The maximum atomic E-state index is 3.44. The fraction of sp³-hybridized carbons (Fsp3) is 0.269. The van der Waals surface area contributed by atoms with E-state index in [4.69, 9.17) is 0 Å². The molecule has 1 aliphatic carbocycles. The van der Waals surface area contributed by atoms with Crippen molar-refractivity contribution in [2.45, 2.75) is 41.5 Å². The number of aryl methyl sites for hydroxylation is 1. The average Bonchev–Trinajstić information content (AvgIpc) is 3.11. The predicted molar refractivity (Wildman–Crippen MR) is 123 cm³/mol. The standard InChI is InChI=1S/C16H14P.C10H15.Hf/c1-12-6-2-5-9-16(12)17-15-10-13-7-3-4-8-14(13)11-15;1-7-6-10(4,5)9(3)8(7)2;/h2-11,17H,1H3;1-5H3;/q2*-1;. The monoisotopic (exact) mass is 552 g/mol. The molecule has 0 nitrogen and oxygen atoms in total. The molecule has 4 rings (SSSR count). The van der Waals surface area contributed by atoms with Gasteiger partial charge in [-0.25, -0.2) is 5.57 Å². The Morgan fingerprint density at radius 1 is 0.893 bits per heavy atom. The van der Waals surface area contributed by atoms with E-state index in [0.29, 0.717) is 0 Å². The summed E-state index contributed by atoms with van der Waals surface area (Å²) in [6.07, 6.45) is 3.44. The number of fused-ring (bicyclic) bond motifs is 1. The summed E-state index contributed by atoms with van der Waals surface area (Å²) in [4.78, 5) is 0. The Hall–Kier alpha value is -1.17. The molecule has 0 spiro atoms. The van der Waals surface area contributed by atoms with Crippen LogP contribution in [0, 0.1) is 18.4 Å². The number of allylic oxidation sites excluding steroid dienone is 4. The van der Waals surface area contributed by atoms with Crippen LogP contribution in [0.15, 0.2) is 77.4 Å². The number of hydrogen-bond acceptors (Lipinski definition) is 0. The first-order valence-electron chi connectivity index (χ1n) is 9.56. The van der Waals surface area contributed by atoms with Crippen molar-refractivity contribution in [1.82, 2.24) is 0 Å². The fourth-order valence-corrected chi connectivity index (χ4v) is 4.72. The summed E-state index contributed by atoms with van der Waals surface area (Å²) in [5.74, 6) is 0. The van der Waals surface area contributed by atoms with Crippen LogP contribution in [-0.2, 0) is 25.8 Å². The minimum atomic E-state index is 0. The first kappa shape index (κ1) is 23.1. The topological polar surface area (TPSA) is 0 Å². The average molecular weight is 551 g/mol. The van der Waals surface area contributed by atoms with Crippen molar-refractivity contribution < 1.29 is 25.8 Å². The Balaban J connectivity index is 0.000000221. The molecule has 28 heavy (non-hydrogen) atoms. The molecule has 144 valence electrons. The van der Waals surface area contributed by atoms with Gasteiger partial charge in [0.25, 0.3) is 0 Å². The predicted octanol–water partition coefficient (Wildman–Crippen LogP) is 6.61. The fourth-order valence-electron chi connectivity index (χ4n) is 3.50. The molecule has 0 amide bonds. The molecule has 2 heteroatoms. The van der Waals surface area contributed by atoms with Crippen molar-refractivity contribution in [3.05, 3.63) is 89.0 Å². The van der Waals surface area contributed by atoms with Crippen LogP contribution in [0.2, 0.25) is 0 Å². The van der Waals surface area contributed by atoms with Gasteiger partial charge in [-0.1, -0.05) is 72.0 Å². The second-order valence-corrected chi connectivity index (χ2v) is 9.30. The van der Waals surface area contributed by atoms with E-state index in [0.717, 1.165) is 8.58 Å². The third kappa shape index (κ3) is 5.25. The Bertz CT molecular complexity index is 985. The molecule has 0 bridgehead atoms. The summed E-state index contributed by atoms with van der Waals surface area (Å²) >= 11 is 0. The maximum Gasteiger partial charge on any atom is 0 e. The van der Waals surface area contributed by atoms with Gasteiger partial charge in [0.15, 0.2) is 0 Å². The molecule has 0 radical (unpaired) electrons. The maximum absolute atomic E-state index is 3.44. The van der Waals surface area contributed by atoms with Crippen LogP contribution in [0.25, 0.3) is 10.8 Å². The molecule has 0 aromatic heterocycles. The summed E-state index contributed by atoms with van der Waals surface area (Å²) < 4.78 is 0. The molecule has 0 fully saturated rings. The summed E-state index contributed by atoms with van der Waals surface area (Å²) in [7, 11) is 0.759. The van der Waals surface area contributed by atoms with Crippen molar-refractivity contribution in [3.63, 3.8) is 0 Å². The van der Waals surface area contributed by atoms with Gasteiger partial charge in [-0.2, -0.15) is 17.2 Å². The van der Waals surface area contributed by atoms with E-state index in [1.165, 1.54) is 43.7 Å². The van der Waals surface area contributed by atoms with Crippen molar-refractivity contribution in [3.8, 4) is 0 Å². The van der Waals surface area contributed by atoms with Crippen LogP contribution in [0.3, 0.4) is 0 Å². The van der Waals surface area contributed by atoms with E-state index in [2.05, 4.69) is 108 Å². The van der Waals surface area contributed by atoms with Gasteiger partial charge in [0.05, 0.1) is 0 Å². The first-order valence-corrected chi connectivity index (χ1v) is 10.6. The van der Waals surface area contributed by atoms with Gasteiger partial charge < -0.3 is 0 Å². The molecular formula is C26H29HfP-2. The second-order valence-electron chi connectivity index (χ2n) is 7.94. The summed E-state index contributed by atoms with van der Waals surface area (Å²) in [5.41, 5.74) is 5.78. The number of hydrogen-bond donors (Lipinski definition) is 0. The van der Waals surface area contributed by atoms with Crippen LogP contribution < -0.4 is 10.6 Å². The second kappa shape index (κ2) is 9.55. The zero-order valence-corrected chi connectivity index (χ0v) is 22.4. The molecule has 0 N–H and O–H groups in total. The molecule has 1 atom stereocenters. The molecule has 3 aromatic carbocycles. The molecule has 3 aromatic rings. The molecule has 0 aliphatic heterocycles. The van der Waals surface area contributed by atoms with E-state index in [-0.39, 0.29) is 31.3 Å². The molecule has 1 aliphatic rings. The van der Waals surface area contributed by atoms with Crippen molar-refractivity contribution >= 4 is 30.0 Å². The molecule has 0 saturated heterocycles. The Morgan fingerprint density at radius 2 is 1.54 bits per heavy atom. The minimum absolute atomic E-state index is 0. The van der Waals surface area contributed by atoms with E-state index >= 15 is 0 Å². The van der Waals surface area contributed by atoms with Crippen molar-refractivity contribution in [2.24, 2.45) is 5.41 Å². The first-order chi connectivity index (χ1) is 12.8. The largest absolute Gasteiger partial charge is 0.263 e. The van der Waals surface area contributed by atoms with Crippen LogP contribution in [-0.4, -0.2) is 0 Å².